The predicted molar refractivity (Wildman–Crippen MR) is 68.2 cm³/mol. The zero-order valence-electron chi connectivity index (χ0n) is 10.8. The summed E-state index contributed by atoms with van der Waals surface area (Å²) in [5.74, 6) is -1.34. The van der Waals surface area contributed by atoms with E-state index in [1.165, 1.54) is 15.9 Å². The molecule has 0 saturated carbocycles. The first kappa shape index (κ1) is 12.9. The molecule has 2 aromatic rings. The Morgan fingerprint density at radius 2 is 1.76 bits per heavy atom. The molecular weight excluding hydrogens is 276 g/mol. The number of nitrogens with zero attached hydrogens (tertiary/aromatic N) is 5. The number of tetrazole rings is 1. The van der Waals surface area contributed by atoms with Crippen LogP contribution in [-0.4, -0.2) is 55.9 Å². The van der Waals surface area contributed by atoms with Crippen molar-refractivity contribution in [3.05, 3.63) is 36.2 Å². The van der Waals surface area contributed by atoms with Crippen LogP contribution in [0.2, 0.25) is 0 Å². The van der Waals surface area contributed by atoms with Crippen molar-refractivity contribution < 1.29 is 14.4 Å². The van der Waals surface area contributed by atoms with E-state index in [1.54, 1.807) is 24.3 Å². The fourth-order valence-corrected chi connectivity index (χ4v) is 2.00. The number of benzene rings is 1. The minimum atomic E-state index is -0.482. The molecular formula is C12H10N6O3. The van der Waals surface area contributed by atoms with Gasteiger partial charge in [0.05, 0.1) is 5.69 Å². The summed E-state index contributed by atoms with van der Waals surface area (Å²) < 4.78 is 1.45. The third-order valence-electron chi connectivity index (χ3n) is 2.96. The smallest absolute Gasteiger partial charge is 0.254 e. The lowest BCUT2D eigenvalue weighted by molar-refractivity contribution is -0.135. The van der Waals surface area contributed by atoms with Gasteiger partial charge in [-0.25, -0.2) is 4.68 Å². The van der Waals surface area contributed by atoms with Crippen LogP contribution in [0.15, 0.2) is 30.6 Å². The second-order valence-corrected chi connectivity index (χ2v) is 4.43. The van der Waals surface area contributed by atoms with Crippen LogP contribution >= 0.6 is 0 Å². The third kappa shape index (κ3) is 2.61. The lowest BCUT2D eigenvalue weighted by Gasteiger charge is -2.25. The van der Waals surface area contributed by atoms with Gasteiger partial charge in [-0.05, 0) is 34.7 Å². The molecule has 0 radical (unpaired) electrons. The maximum atomic E-state index is 12.2. The van der Waals surface area contributed by atoms with E-state index in [1.807, 2.05) is 0 Å². The number of amides is 3. The molecule has 21 heavy (non-hydrogen) atoms. The minimum absolute atomic E-state index is 0.126. The summed E-state index contributed by atoms with van der Waals surface area (Å²) in [5, 5.41) is 12.9. The molecule has 1 aliphatic rings. The van der Waals surface area contributed by atoms with Gasteiger partial charge in [0.2, 0.25) is 11.8 Å². The zero-order chi connectivity index (χ0) is 14.8. The van der Waals surface area contributed by atoms with E-state index in [0.717, 1.165) is 0 Å². The van der Waals surface area contributed by atoms with E-state index >= 15 is 0 Å². The van der Waals surface area contributed by atoms with Gasteiger partial charge in [-0.2, -0.15) is 0 Å². The summed E-state index contributed by atoms with van der Waals surface area (Å²) >= 11 is 0. The van der Waals surface area contributed by atoms with Crippen molar-refractivity contribution in [3.63, 3.8) is 0 Å². The molecule has 9 nitrogen and oxygen atoms in total. The second-order valence-electron chi connectivity index (χ2n) is 4.43. The Balaban J connectivity index is 1.79. The molecule has 1 saturated heterocycles. The van der Waals surface area contributed by atoms with Gasteiger partial charge in [0, 0.05) is 5.56 Å². The topological polar surface area (TPSA) is 110 Å². The minimum Gasteiger partial charge on any atom is -0.320 e. The van der Waals surface area contributed by atoms with Crippen LogP contribution in [0.3, 0.4) is 0 Å². The Morgan fingerprint density at radius 3 is 2.33 bits per heavy atom. The summed E-state index contributed by atoms with van der Waals surface area (Å²) in [4.78, 5) is 36.0. The van der Waals surface area contributed by atoms with Crippen LogP contribution in [0.5, 0.6) is 0 Å². The lowest BCUT2D eigenvalue weighted by atomic mass is 10.1. The summed E-state index contributed by atoms with van der Waals surface area (Å²) in [5.41, 5.74) is 1.08. The quantitative estimate of drug-likeness (QED) is 0.691. The van der Waals surface area contributed by atoms with Gasteiger partial charge in [0.1, 0.15) is 19.4 Å². The standard InChI is InChI=1S/C12H10N6O3/c19-10-5-17(6-11(20)14-10)12(21)8-1-3-9(4-2-8)18-7-13-15-16-18/h1-4,7H,5-6H2,(H,14,19,20). The Labute approximate surface area is 118 Å². The molecule has 2 heterocycles. The number of imide groups is 1. The normalized spacial score (nSPS) is 15.0. The van der Waals surface area contributed by atoms with Gasteiger partial charge < -0.3 is 4.90 Å². The molecule has 1 aromatic carbocycles. The van der Waals surface area contributed by atoms with E-state index in [-0.39, 0.29) is 19.0 Å². The molecule has 0 unspecified atom stereocenters. The Kier molecular flexibility index (Phi) is 3.14. The van der Waals surface area contributed by atoms with Crippen molar-refractivity contribution >= 4 is 17.7 Å². The Hall–Kier alpha value is -3.10. The van der Waals surface area contributed by atoms with E-state index in [2.05, 4.69) is 20.8 Å². The van der Waals surface area contributed by atoms with Crippen molar-refractivity contribution in [2.75, 3.05) is 13.1 Å². The summed E-state index contributed by atoms with van der Waals surface area (Å²) in [7, 11) is 0. The average molecular weight is 286 g/mol. The SMILES string of the molecule is O=C1CN(C(=O)c2ccc(-n3cnnn3)cc2)CC(=O)N1. The van der Waals surface area contributed by atoms with Crippen LogP contribution in [0.25, 0.3) is 5.69 Å². The molecule has 0 atom stereocenters. The molecule has 0 aliphatic carbocycles. The van der Waals surface area contributed by atoms with E-state index in [9.17, 15) is 14.4 Å². The van der Waals surface area contributed by atoms with Crippen molar-refractivity contribution in [2.45, 2.75) is 0 Å². The first-order chi connectivity index (χ1) is 10.1. The molecule has 3 rings (SSSR count). The second kappa shape index (κ2) is 5.12. The highest BCUT2D eigenvalue weighted by molar-refractivity contribution is 6.05. The fourth-order valence-electron chi connectivity index (χ4n) is 2.00. The number of hydrogen-bond acceptors (Lipinski definition) is 6. The Morgan fingerprint density at radius 1 is 1.10 bits per heavy atom. The van der Waals surface area contributed by atoms with Gasteiger partial charge in [0.25, 0.3) is 5.91 Å². The number of nitrogens with one attached hydrogen (secondary N) is 1. The maximum Gasteiger partial charge on any atom is 0.254 e. The van der Waals surface area contributed by atoms with Crippen LogP contribution < -0.4 is 5.32 Å². The van der Waals surface area contributed by atoms with Crippen molar-refractivity contribution in [2.24, 2.45) is 0 Å². The van der Waals surface area contributed by atoms with Gasteiger partial charge in [-0.3, -0.25) is 19.7 Å². The molecule has 1 N–H and O–H groups in total. The van der Waals surface area contributed by atoms with E-state index in [0.29, 0.717) is 11.3 Å². The van der Waals surface area contributed by atoms with Crippen LogP contribution in [0.1, 0.15) is 10.4 Å². The highest BCUT2D eigenvalue weighted by atomic mass is 16.2. The van der Waals surface area contributed by atoms with Crippen molar-refractivity contribution in [1.82, 2.24) is 30.4 Å². The summed E-state index contributed by atoms with van der Waals surface area (Å²) in [6, 6.07) is 6.54. The van der Waals surface area contributed by atoms with Gasteiger partial charge >= 0.3 is 0 Å². The largest absolute Gasteiger partial charge is 0.320 e. The first-order valence-electron chi connectivity index (χ1n) is 6.09. The number of carbonyl (C=O) groups excluding carboxylic acids is 3. The van der Waals surface area contributed by atoms with Crippen LogP contribution in [-0.2, 0) is 9.59 Å². The molecule has 0 bridgehead atoms. The number of aromatic nitrogens is 4. The highest BCUT2D eigenvalue weighted by Crippen LogP contribution is 2.11. The molecule has 1 aromatic heterocycles. The summed E-state index contributed by atoms with van der Waals surface area (Å²) in [6.07, 6.45) is 1.43. The van der Waals surface area contributed by atoms with Gasteiger partial charge in [-0.1, -0.05) is 0 Å². The molecule has 1 aliphatic heterocycles. The molecule has 0 spiro atoms. The number of hydrogen-bond donors (Lipinski definition) is 1. The fraction of sp³-hybridized carbons (Fsp3) is 0.167. The van der Waals surface area contributed by atoms with Crippen molar-refractivity contribution in [1.29, 1.82) is 0 Å². The lowest BCUT2D eigenvalue weighted by Crippen LogP contribution is -2.53. The number of piperazine rings is 1. The van der Waals surface area contributed by atoms with Crippen LogP contribution in [0, 0.1) is 0 Å². The number of rotatable bonds is 2. The average Bonchev–Trinajstić information content (AvgIpc) is 3.00. The molecule has 1 fully saturated rings. The van der Waals surface area contributed by atoms with Gasteiger partial charge in [-0.15, -0.1) is 5.10 Å². The molecule has 3 amide bonds. The number of carbonyl (C=O) groups is 3. The summed E-state index contributed by atoms with van der Waals surface area (Å²) in [6.45, 7) is -0.251. The Bertz CT molecular complexity index is 678. The van der Waals surface area contributed by atoms with Gasteiger partial charge in [0.15, 0.2) is 0 Å². The molecule has 106 valence electrons. The monoisotopic (exact) mass is 286 g/mol. The first-order valence-corrected chi connectivity index (χ1v) is 6.09. The van der Waals surface area contributed by atoms with Crippen LogP contribution in [0.4, 0.5) is 0 Å². The molecule has 9 heteroatoms. The highest BCUT2D eigenvalue weighted by Gasteiger charge is 2.26. The van der Waals surface area contributed by atoms with E-state index in [4.69, 9.17) is 0 Å². The predicted octanol–water partition coefficient (Wildman–Crippen LogP) is -1.24. The zero-order valence-corrected chi connectivity index (χ0v) is 10.8. The maximum absolute atomic E-state index is 12.2. The van der Waals surface area contributed by atoms with E-state index < -0.39 is 11.8 Å². The third-order valence-corrected chi connectivity index (χ3v) is 2.96. The van der Waals surface area contributed by atoms with Crippen molar-refractivity contribution in [3.8, 4) is 5.69 Å².